The van der Waals surface area contributed by atoms with Crippen LogP contribution < -0.4 is 5.32 Å². The van der Waals surface area contributed by atoms with E-state index in [4.69, 9.17) is 0 Å². The Kier molecular flexibility index (Phi) is 4.21. The number of hydrogen-bond donors (Lipinski definition) is 1. The van der Waals surface area contributed by atoms with Crippen molar-refractivity contribution < 1.29 is 9.53 Å². The van der Waals surface area contributed by atoms with E-state index in [1.807, 2.05) is 0 Å². The van der Waals surface area contributed by atoms with Crippen molar-refractivity contribution in [1.29, 1.82) is 0 Å². The zero-order valence-corrected chi connectivity index (χ0v) is 12.7. The molecule has 6 heteroatoms. The van der Waals surface area contributed by atoms with E-state index in [0.29, 0.717) is 5.69 Å². The van der Waals surface area contributed by atoms with Gasteiger partial charge < -0.3 is 10.1 Å². The van der Waals surface area contributed by atoms with Gasteiger partial charge in [-0.25, -0.2) is 9.78 Å². The molecule has 0 aliphatic heterocycles. The highest BCUT2D eigenvalue weighted by atomic mass is 32.1. The van der Waals surface area contributed by atoms with Crippen LogP contribution in [-0.2, 0) is 10.2 Å². The largest absolute Gasteiger partial charge is 0.464 e. The molecule has 2 rings (SSSR count). The fourth-order valence-electron chi connectivity index (χ4n) is 1.60. The minimum absolute atomic E-state index is 0.0330. The SMILES string of the molecule is COC(=O)c1csc(NCC(C)(C)c2cccs2)n1. The van der Waals surface area contributed by atoms with Crippen LogP contribution in [0.5, 0.6) is 0 Å². The molecule has 0 saturated heterocycles. The Balaban J connectivity index is 1.99. The average molecular weight is 296 g/mol. The fourth-order valence-corrected chi connectivity index (χ4v) is 3.13. The fraction of sp³-hybridized carbons (Fsp3) is 0.385. The zero-order chi connectivity index (χ0) is 13.9. The topological polar surface area (TPSA) is 51.2 Å². The highest BCUT2D eigenvalue weighted by Crippen LogP contribution is 2.28. The predicted octanol–water partition coefficient (Wildman–Crippen LogP) is 3.38. The Labute approximate surface area is 120 Å². The molecular weight excluding hydrogens is 280 g/mol. The van der Waals surface area contributed by atoms with Crippen LogP contribution in [0.15, 0.2) is 22.9 Å². The quantitative estimate of drug-likeness (QED) is 0.859. The summed E-state index contributed by atoms with van der Waals surface area (Å²) in [6, 6.07) is 4.19. The molecule has 0 saturated carbocycles. The molecule has 0 radical (unpaired) electrons. The number of thiazole rings is 1. The van der Waals surface area contributed by atoms with Crippen molar-refractivity contribution in [3.63, 3.8) is 0 Å². The maximum Gasteiger partial charge on any atom is 0.357 e. The van der Waals surface area contributed by atoms with Crippen molar-refractivity contribution in [1.82, 2.24) is 4.98 Å². The van der Waals surface area contributed by atoms with Crippen LogP contribution in [0.3, 0.4) is 0 Å². The Morgan fingerprint density at radius 1 is 1.47 bits per heavy atom. The average Bonchev–Trinajstić information content (AvgIpc) is 3.06. The molecule has 2 aromatic heterocycles. The lowest BCUT2D eigenvalue weighted by Gasteiger charge is -2.23. The number of carbonyl (C=O) groups excluding carboxylic acids is 1. The van der Waals surface area contributed by atoms with E-state index in [0.717, 1.165) is 11.7 Å². The zero-order valence-electron chi connectivity index (χ0n) is 11.1. The lowest BCUT2D eigenvalue weighted by atomic mass is 9.91. The third kappa shape index (κ3) is 3.33. The van der Waals surface area contributed by atoms with Gasteiger partial charge in [-0.1, -0.05) is 19.9 Å². The molecule has 2 heterocycles. The summed E-state index contributed by atoms with van der Waals surface area (Å²) in [4.78, 5) is 16.8. The first-order valence-corrected chi connectivity index (χ1v) is 7.60. The van der Waals surface area contributed by atoms with Gasteiger partial charge in [0.25, 0.3) is 0 Å². The number of esters is 1. The van der Waals surface area contributed by atoms with Crippen molar-refractivity contribution in [2.75, 3.05) is 19.0 Å². The van der Waals surface area contributed by atoms with Crippen molar-refractivity contribution >= 4 is 33.8 Å². The second-order valence-electron chi connectivity index (χ2n) is 4.74. The van der Waals surface area contributed by atoms with E-state index in [1.165, 1.54) is 23.3 Å². The van der Waals surface area contributed by atoms with Crippen LogP contribution >= 0.6 is 22.7 Å². The molecule has 0 aliphatic carbocycles. The standard InChI is InChI=1S/C13H16N2O2S2/c1-13(2,10-5-4-6-18-10)8-14-12-15-9(7-19-12)11(16)17-3/h4-7H,8H2,1-3H3,(H,14,15). The summed E-state index contributed by atoms with van der Waals surface area (Å²) in [5.74, 6) is -0.401. The normalized spacial score (nSPS) is 11.3. The van der Waals surface area contributed by atoms with E-state index in [2.05, 4.69) is 46.4 Å². The molecule has 0 aliphatic rings. The molecule has 0 aromatic carbocycles. The van der Waals surface area contributed by atoms with Gasteiger partial charge in [-0.3, -0.25) is 0 Å². The summed E-state index contributed by atoms with van der Waals surface area (Å²) >= 11 is 3.16. The van der Waals surface area contributed by atoms with Crippen molar-refractivity contribution in [2.45, 2.75) is 19.3 Å². The minimum atomic E-state index is -0.401. The van der Waals surface area contributed by atoms with Gasteiger partial charge in [-0.05, 0) is 11.4 Å². The van der Waals surface area contributed by atoms with E-state index in [9.17, 15) is 4.79 Å². The maximum absolute atomic E-state index is 11.3. The summed E-state index contributed by atoms with van der Waals surface area (Å²) < 4.78 is 4.63. The van der Waals surface area contributed by atoms with Crippen molar-refractivity contribution in [3.05, 3.63) is 33.5 Å². The number of anilines is 1. The van der Waals surface area contributed by atoms with Gasteiger partial charge in [0.1, 0.15) is 0 Å². The molecule has 4 nitrogen and oxygen atoms in total. The van der Waals surface area contributed by atoms with Crippen molar-refractivity contribution in [2.24, 2.45) is 0 Å². The van der Waals surface area contributed by atoms with Gasteiger partial charge in [0.15, 0.2) is 10.8 Å². The molecule has 0 bridgehead atoms. The molecule has 1 N–H and O–H groups in total. The summed E-state index contributed by atoms with van der Waals surface area (Å²) in [5.41, 5.74) is 0.384. The monoisotopic (exact) mass is 296 g/mol. The molecule has 19 heavy (non-hydrogen) atoms. The number of methoxy groups -OCH3 is 1. The Morgan fingerprint density at radius 3 is 2.89 bits per heavy atom. The van der Waals surface area contributed by atoms with Crippen LogP contribution in [0.2, 0.25) is 0 Å². The van der Waals surface area contributed by atoms with Gasteiger partial charge in [-0.15, -0.1) is 22.7 Å². The molecule has 0 unspecified atom stereocenters. The smallest absolute Gasteiger partial charge is 0.357 e. The van der Waals surface area contributed by atoms with Gasteiger partial charge >= 0.3 is 5.97 Å². The summed E-state index contributed by atoms with van der Waals surface area (Å²) in [6.45, 7) is 5.13. The molecule has 0 spiro atoms. The van der Waals surface area contributed by atoms with E-state index >= 15 is 0 Å². The summed E-state index contributed by atoms with van der Waals surface area (Å²) in [7, 11) is 1.36. The van der Waals surface area contributed by atoms with E-state index < -0.39 is 5.97 Å². The second-order valence-corrected chi connectivity index (χ2v) is 6.55. The lowest BCUT2D eigenvalue weighted by Crippen LogP contribution is -2.26. The van der Waals surface area contributed by atoms with Gasteiger partial charge in [0.05, 0.1) is 7.11 Å². The van der Waals surface area contributed by atoms with Crippen LogP contribution in [0.1, 0.15) is 29.2 Å². The maximum atomic E-state index is 11.3. The van der Waals surface area contributed by atoms with E-state index in [-0.39, 0.29) is 5.41 Å². The number of hydrogen-bond acceptors (Lipinski definition) is 6. The summed E-state index contributed by atoms with van der Waals surface area (Å²) in [5, 5.41) is 7.80. The van der Waals surface area contributed by atoms with Gasteiger partial charge in [0, 0.05) is 22.2 Å². The number of nitrogens with one attached hydrogen (secondary N) is 1. The number of ether oxygens (including phenoxy) is 1. The van der Waals surface area contributed by atoms with Crippen LogP contribution in [-0.4, -0.2) is 24.6 Å². The van der Waals surface area contributed by atoms with Crippen LogP contribution in [0, 0.1) is 0 Å². The third-order valence-corrected chi connectivity index (χ3v) is 4.80. The number of thiophene rings is 1. The molecule has 102 valence electrons. The predicted molar refractivity (Wildman–Crippen MR) is 79.3 cm³/mol. The van der Waals surface area contributed by atoms with Gasteiger partial charge in [0.2, 0.25) is 0 Å². The Hall–Kier alpha value is -1.40. The number of rotatable bonds is 5. The highest BCUT2D eigenvalue weighted by molar-refractivity contribution is 7.13. The number of carbonyl (C=O) groups is 1. The molecule has 0 fully saturated rings. The first-order valence-electron chi connectivity index (χ1n) is 5.84. The number of nitrogens with zero attached hydrogens (tertiary/aromatic N) is 1. The van der Waals surface area contributed by atoms with Crippen LogP contribution in [0.25, 0.3) is 0 Å². The molecule has 2 aromatic rings. The Morgan fingerprint density at radius 2 is 2.26 bits per heavy atom. The summed E-state index contributed by atoms with van der Waals surface area (Å²) in [6.07, 6.45) is 0. The minimum Gasteiger partial charge on any atom is -0.464 e. The van der Waals surface area contributed by atoms with Crippen LogP contribution in [0.4, 0.5) is 5.13 Å². The third-order valence-electron chi connectivity index (χ3n) is 2.77. The molecule has 0 atom stereocenters. The molecule has 0 amide bonds. The number of aromatic nitrogens is 1. The van der Waals surface area contributed by atoms with E-state index in [1.54, 1.807) is 16.7 Å². The first kappa shape index (κ1) is 14.0. The first-order chi connectivity index (χ1) is 9.03. The van der Waals surface area contributed by atoms with Gasteiger partial charge in [-0.2, -0.15) is 0 Å². The highest BCUT2D eigenvalue weighted by Gasteiger charge is 2.22. The molecular formula is C13H16N2O2S2. The second kappa shape index (κ2) is 5.71. The van der Waals surface area contributed by atoms with Crippen molar-refractivity contribution in [3.8, 4) is 0 Å². The Bertz CT molecular complexity index is 547. The lowest BCUT2D eigenvalue weighted by molar-refractivity contribution is 0.0595.